The van der Waals surface area contributed by atoms with Gasteiger partial charge < -0.3 is 11.1 Å². The van der Waals surface area contributed by atoms with Crippen LogP contribution >= 0.6 is 0 Å². The number of nitrogens with two attached hydrogens (primary N) is 1. The van der Waals surface area contributed by atoms with Crippen LogP contribution in [0.5, 0.6) is 0 Å². The number of rotatable bonds is 3. The van der Waals surface area contributed by atoms with Crippen LogP contribution in [0.15, 0.2) is 18.2 Å². The Kier molecular flexibility index (Phi) is 3.46. The number of terminal acetylenes is 1. The van der Waals surface area contributed by atoms with Gasteiger partial charge in [0.2, 0.25) is 5.91 Å². The van der Waals surface area contributed by atoms with Crippen LogP contribution in [0.2, 0.25) is 0 Å². The Morgan fingerprint density at radius 1 is 1.47 bits per heavy atom. The fraction of sp³-hybridized carbons (Fsp3) is 0.357. The highest BCUT2D eigenvalue weighted by molar-refractivity contribution is 5.95. The van der Waals surface area contributed by atoms with Gasteiger partial charge in [-0.1, -0.05) is 6.07 Å². The van der Waals surface area contributed by atoms with Gasteiger partial charge in [0.25, 0.3) is 0 Å². The first-order valence-corrected chi connectivity index (χ1v) is 5.82. The number of carbonyl (C=O) groups is 1. The monoisotopic (exact) mass is 228 g/mol. The Morgan fingerprint density at radius 2 is 2.24 bits per heavy atom. The number of hydrogen-bond acceptors (Lipinski definition) is 2. The van der Waals surface area contributed by atoms with Gasteiger partial charge in [-0.15, -0.1) is 12.3 Å². The molecule has 17 heavy (non-hydrogen) atoms. The van der Waals surface area contributed by atoms with E-state index in [2.05, 4.69) is 17.3 Å². The molecule has 1 aliphatic carbocycles. The van der Waals surface area contributed by atoms with E-state index in [4.69, 9.17) is 12.2 Å². The van der Waals surface area contributed by atoms with E-state index >= 15 is 0 Å². The van der Waals surface area contributed by atoms with E-state index in [0.29, 0.717) is 0 Å². The van der Waals surface area contributed by atoms with Crippen LogP contribution < -0.4 is 11.1 Å². The summed E-state index contributed by atoms with van der Waals surface area (Å²) in [7, 11) is 0. The van der Waals surface area contributed by atoms with Crippen molar-refractivity contribution >= 4 is 11.6 Å². The quantitative estimate of drug-likeness (QED) is 0.770. The first-order valence-electron chi connectivity index (χ1n) is 5.82. The van der Waals surface area contributed by atoms with E-state index in [9.17, 15) is 4.79 Å². The highest BCUT2D eigenvalue weighted by atomic mass is 16.2. The molecule has 2 rings (SSSR count). The Bertz CT molecular complexity index is 474. The molecule has 0 saturated carbocycles. The minimum atomic E-state index is -0.631. The minimum Gasteiger partial charge on any atom is -0.325 e. The summed E-state index contributed by atoms with van der Waals surface area (Å²) in [5, 5.41) is 2.80. The summed E-state index contributed by atoms with van der Waals surface area (Å²) in [5.74, 6) is 2.17. The highest BCUT2D eigenvalue weighted by Gasteiger charge is 2.14. The normalized spacial score (nSPS) is 14.8. The fourth-order valence-corrected chi connectivity index (χ4v) is 2.10. The van der Waals surface area contributed by atoms with Crippen LogP contribution in [-0.2, 0) is 17.6 Å². The SMILES string of the molecule is C#CCC(N)C(=O)Nc1ccc2c(c1)CCC2. The zero-order chi connectivity index (χ0) is 12.3. The van der Waals surface area contributed by atoms with Gasteiger partial charge in [0.1, 0.15) is 0 Å². The van der Waals surface area contributed by atoms with E-state index in [0.717, 1.165) is 18.5 Å². The summed E-state index contributed by atoms with van der Waals surface area (Å²) in [6, 6.07) is 5.39. The molecule has 0 heterocycles. The molecule has 0 bridgehead atoms. The van der Waals surface area contributed by atoms with Crippen LogP contribution in [0.1, 0.15) is 24.0 Å². The Morgan fingerprint density at radius 3 is 3.00 bits per heavy atom. The average molecular weight is 228 g/mol. The molecule has 3 nitrogen and oxygen atoms in total. The molecule has 1 amide bonds. The lowest BCUT2D eigenvalue weighted by atomic mass is 10.1. The highest BCUT2D eigenvalue weighted by Crippen LogP contribution is 2.24. The molecule has 0 spiro atoms. The van der Waals surface area contributed by atoms with Gasteiger partial charge in [-0.2, -0.15) is 0 Å². The van der Waals surface area contributed by atoms with Crippen molar-refractivity contribution in [1.82, 2.24) is 0 Å². The van der Waals surface area contributed by atoms with Gasteiger partial charge in [-0.25, -0.2) is 0 Å². The second-order valence-electron chi connectivity index (χ2n) is 4.34. The van der Waals surface area contributed by atoms with E-state index < -0.39 is 6.04 Å². The molecule has 0 fully saturated rings. The molecule has 1 atom stereocenters. The third-order valence-electron chi connectivity index (χ3n) is 3.04. The van der Waals surface area contributed by atoms with Crippen LogP contribution in [0.25, 0.3) is 0 Å². The second kappa shape index (κ2) is 5.03. The number of fused-ring (bicyclic) bond motifs is 1. The van der Waals surface area contributed by atoms with Crippen molar-refractivity contribution in [2.45, 2.75) is 31.7 Å². The van der Waals surface area contributed by atoms with Crippen molar-refractivity contribution in [1.29, 1.82) is 0 Å². The lowest BCUT2D eigenvalue weighted by molar-refractivity contribution is -0.117. The van der Waals surface area contributed by atoms with Crippen LogP contribution in [0.4, 0.5) is 5.69 Å². The molecule has 0 saturated heterocycles. The van der Waals surface area contributed by atoms with Crippen LogP contribution in [0.3, 0.4) is 0 Å². The largest absolute Gasteiger partial charge is 0.325 e. The molecule has 88 valence electrons. The van der Waals surface area contributed by atoms with E-state index in [-0.39, 0.29) is 12.3 Å². The van der Waals surface area contributed by atoms with E-state index in [1.165, 1.54) is 17.5 Å². The molecule has 1 aliphatic rings. The number of benzene rings is 1. The Labute approximate surface area is 101 Å². The van der Waals surface area contributed by atoms with Gasteiger partial charge in [-0.3, -0.25) is 4.79 Å². The molecule has 0 aliphatic heterocycles. The van der Waals surface area contributed by atoms with Crippen molar-refractivity contribution in [3.63, 3.8) is 0 Å². The Hall–Kier alpha value is -1.79. The lowest BCUT2D eigenvalue weighted by Crippen LogP contribution is -2.35. The molecule has 0 radical (unpaired) electrons. The standard InChI is InChI=1S/C14H16N2O/c1-2-4-13(15)14(17)16-12-8-7-10-5-3-6-11(10)9-12/h1,7-9,13H,3-6,15H2,(H,16,17). The summed E-state index contributed by atoms with van der Waals surface area (Å²) >= 11 is 0. The maximum atomic E-state index is 11.7. The molecule has 1 unspecified atom stereocenters. The summed E-state index contributed by atoms with van der Waals surface area (Å²) in [6.45, 7) is 0. The van der Waals surface area contributed by atoms with Crippen molar-refractivity contribution < 1.29 is 4.79 Å². The summed E-state index contributed by atoms with van der Waals surface area (Å²) in [4.78, 5) is 11.7. The van der Waals surface area contributed by atoms with Crippen molar-refractivity contribution in [3.8, 4) is 12.3 Å². The van der Waals surface area contributed by atoms with Gasteiger partial charge in [0.15, 0.2) is 0 Å². The number of carbonyl (C=O) groups excluding carboxylic acids is 1. The van der Waals surface area contributed by atoms with Crippen LogP contribution in [-0.4, -0.2) is 11.9 Å². The zero-order valence-electron chi connectivity index (χ0n) is 9.70. The zero-order valence-corrected chi connectivity index (χ0v) is 9.70. The maximum absolute atomic E-state index is 11.7. The van der Waals surface area contributed by atoms with Crippen molar-refractivity contribution in [2.24, 2.45) is 5.73 Å². The van der Waals surface area contributed by atoms with E-state index in [1.807, 2.05) is 12.1 Å². The third-order valence-corrected chi connectivity index (χ3v) is 3.04. The minimum absolute atomic E-state index is 0.221. The van der Waals surface area contributed by atoms with Crippen LogP contribution in [0, 0.1) is 12.3 Å². The second-order valence-corrected chi connectivity index (χ2v) is 4.34. The number of anilines is 1. The average Bonchev–Trinajstić information content (AvgIpc) is 2.76. The number of amides is 1. The fourth-order valence-electron chi connectivity index (χ4n) is 2.10. The molecule has 1 aromatic carbocycles. The van der Waals surface area contributed by atoms with Gasteiger partial charge >= 0.3 is 0 Å². The predicted octanol–water partition coefficient (Wildman–Crippen LogP) is 1.46. The molecule has 1 aromatic rings. The number of nitrogens with one attached hydrogen (secondary N) is 1. The van der Waals surface area contributed by atoms with E-state index in [1.54, 1.807) is 0 Å². The molecule has 0 aromatic heterocycles. The first kappa shape index (κ1) is 11.7. The smallest absolute Gasteiger partial charge is 0.242 e. The predicted molar refractivity (Wildman–Crippen MR) is 68.5 cm³/mol. The van der Waals surface area contributed by atoms with Crippen molar-refractivity contribution in [3.05, 3.63) is 29.3 Å². The molecule has 3 heteroatoms. The lowest BCUT2D eigenvalue weighted by Gasteiger charge is -2.10. The topological polar surface area (TPSA) is 55.1 Å². The number of hydrogen-bond donors (Lipinski definition) is 2. The molecular weight excluding hydrogens is 212 g/mol. The first-order chi connectivity index (χ1) is 8.20. The third kappa shape index (κ3) is 2.66. The van der Waals surface area contributed by atoms with Gasteiger partial charge in [0, 0.05) is 12.1 Å². The summed E-state index contributed by atoms with van der Waals surface area (Å²) < 4.78 is 0. The molecule has 3 N–H and O–H groups in total. The Balaban J connectivity index is 2.04. The summed E-state index contributed by atoms with van der Waals surface area (Å²) in [5.41, 5.74) is 9.15. The maximum Gasteiger partial charge on any atom is 0.242 e. The number of aryl methyl sites for hydroxylation is 2. The molecular formula is C14H16N2O. The van der Waals surface area contributed by atoms with Gasteiger partial charge in [0.05, 0.1) is 6.04 Å². The summed E-state index contributed by atoms with van der Waals surface area (Å²) in [6.07, 6.45) is 8.81. The van der Waals surface area contributed by atoms with Crippen molar-refractivity contribution in [2.75, 3.05) is 5.32 Å². The van der Waals surface area contributed by atoms with Gasteiger partial charge in [-0.05, 0) is 42.5 Å².